The van der Waals surface area contributed by atoms with Gasteiger partial charge in [0.2, 0.25) is 0 Å². The highest BCUT2D eigenvalue weighted by molar-refractivity contribution is 9.10. The fraction of sp³-hybridized carbons (Fsp3) is 0.533. The van der Waals surface area contributed by atoms with Crippen LogP contribution in [0.15, 0.2) is 22.7 Å². The second-order valence-electron chi connectivity index (χ2n) is 5.80. The summed E-state index contributed by atoms with van der Waals surface area (Å²) in [6.07, 6.45) is 3.66. The Balaban J connectivity index is 1.57. The van der Waals surface area contributed by atoms with E-state index >= 15 is 0 Å². The molecule has 1 aromatic rings. The van der Waals surface area contributed by atoms with Crippen LogP contribution in [0.25, 0.3) is 0 Å². The number of rotatable bonds is 2. The Kier molecular flexibility index (Phi) is 4.17. The largest absolute Gasteiger partial charge is 0.446 e. The summed E-state index contributed by atoms with van der Waals surface area (Å²) in [6, 6.07) is 5.18. The number of benzene rings is 1. The highest BCUT2D eigenvalue weighted by Gasteiger charge is 2.39. The SMILES string of the molecule is CN1[C@@H]2CC[C@H]1CC(OC(=O)Nc1ccc(F)cc1Br)C2. The van der Waals surface area contributed by atoms with Gasteiger partial charge >= 0.3 is 6.09 Å². The number of nitrogens with zero attached hydrogens (tertiary/aromatic N) is 1. The molecule has 4 nitrogen and oxygen atoms in total. The first-order valence-electron chi connectivity index (χ1n) is 7.17. The topological polar surface area (TPSA) is 41.6 Å². The van der Waals surface area contributed by atoms with Crippen LogP contribution in [0.2, 0.25) is 0 Å². The fourth-order valence-electron chi connectivity index (χ4n) is 3.34. The Morgan fingerprint density at radius 1 is 1.38 bits per heavy atom. The Hall–Kier alpha value is -1.14. The van der Waals surface area contributed by atoms with E-state index in [2.05, 4.69) is 33.2 Å². The third-order valence-electron chi connectivity index (χ3n) is 4.50. The number of piperidine rings is 1. The summed E-state index contributed by atoms with van der Waals surface area (Å²) in [7, 11) is 2.15. The molecule has 1 amide bonds. The Bertz CT molecular complexity index is 540. The minimum atomic E-state index is -0.476. The molecule has 1 N–H and O–H groups in total. The predicted molar refractivity (Wildman–Crippen MR) is 81.8 cm³/mol. The number of amides is 1. The zero-order valence-electron chi connectivity index (χ0n) is 11.8. The van der Waals surface area contributed by atoms with Gasteiger partial charge in [0, 0.05) is 29.4 Å². The van der Waals surface area contributed by atoms with Crippen molar-refractivity contribution in [1.29, 1.82) is 0 Å². The van der Waals surface area contributed by atoms with Gasteiger partial charge in [-0.25, -0.2) is 9.18 Å². The lowest BCUT2D eigenvalue weighted by atomic mass is 10.0. The van der Waals surface area contributed by atoms with E-state index in [1.165, 1.54) is 31.0 Å². The second kappa shape index (κ2) is 5.93. The van der Waals surface area contributed by atoms with Gasteiger partial charge in [0.05, 0.1) is 5.69 Å². The fourth-order valence-corrected chi connectivity index (χ4v) is 3.79. The molecule has 2 heterocycles. The van der Waals surface area contributed by atoms with Crippen molar-refractivity contribution in [3.05, 3.63) is 28.5 Å². The first kappa shape index (κ1) is 14.8. The van der Waals surface area contributed by atoms with Crippen molar-refractivity contribution in [2.45, 2.75) is 43.9 Å². The van der Waals surface area contributed by atoms with Crippen LogP contribution < -0.4 is 5.32 Å². The lowest BCUT2D eigenvalue weighted by Gasteiger charge is -2.35. The number of ether oxygens (including phenoxy) is 1. The van der Waals surface area contributed by atoms with E-state index in [1.807, 2.05) is 0 Å². The van der Waals surface area contributed by atoms with Crippen LogP contribution in [-0.4, -0.2) is 36.2 Å². The Labute approximate surface area is 131 Å². The average Bonchev–Trinajstić information content (AvgIpc) is 2.64. The van der Waals surface area contributed by atoms with Crippen molar-refractivity contribution >= 4 is 27.7 Å². The third-order valence-corrected chi connectivity index (χ3v) is 5.15. The molecule has 114 valence electrons. The van der Waals surface area contributed by atoms with Gasteiger partial charge in [-0.2, -0.15) is 0 Å². The molecule has 1 aromatic carbocycles. The van der Waals surface area contributed by atoms with E-state index in [-0.39, 0.29) is 11.9 Å². The first-order chi connectivity index (χ1) is 10.0. The van der Waals surface area contributed by atoms with Crippen LogP contribution in [0.4, 0.5) is 14.9 Å². The summed E-state index contributed by atoms with van der Waals surface area (Å²) in [4.78, 5) is 14.4. The molecule has 21 heavy (non-hydrogen) atoms. The van der Waals surface area contributed by atoms with Gasteiger partial charge in [0.15, 0.2) is 0 Å². The summed E-state index contributed by atoms with van der Waals surface area (Å²) in [5.41, 5.74) is 0.511. The van der Waals surface area contributed by atoms with Crippen molar-refractivity contribution in [1.82, 2.24) is 4.90 Å². The molecule has 3 rings (SSSR count). The molecule has 0 radical (unpaired) electrons. The van der Waals surface area contributed by atoms with Gasteiger partial charge in [-0.3, -0.25) is 5.32 Å². The average molecular weight is 357 g/mol. The van der Waals surface area contributed by atoms with Gasteiger partial charge in [-0.15, -0.1) is 0 Å². The molecule has 0 saturated carbocycles. The second-order valence-corrected chi connectivity index (χ2v) is 6.65. The monoisotopic (exact) mass is 356 g/mol. The number of fused-ring (bicyclic) bond motifs is 2. The maximum Gasteiger partial charge on any atom is 0.411 e. The van der Waals surface area contributed by atoms with Gasteiger partial charge in [-0.05, 0) is 54.0 Å². The van der Waals surface area contributed by atoms with Crippen LogP contribution in [-0.2, 0) is 4.74 Å². The highest BCUT2D eigenvalue weighted by atomic mass is 79.9. The van der Waals surface area contributed by atoms with Crippen molar-refractivity contribution in [3.8, 4) is 0 Å². The molecule has 0 aliphatic carbocycles. The lowest BCUT2D eigenvalue weighted by molar-refractivity contribution is 0.0348. The zero-order chi connectivity index (χ0) is 15.0. The lowest BCUT2D eigenvalue weighted by Crippen LogP contribution is -2.43. The molecule has 1 unspecified atom stereocenters. The van der Waals surface area contributed by atoms with Gasteiger partial charge < -0.3 is 9.64 Å². The van der Waals surface area contributed by atoms with E-state index in [1.54, 1.807) is 0 Å². The summed E-state index contributed by atoms with van der Waals surface area (Å²) in [5, 5.41) is 2.66. The predicted octanol–water partition coefficient (Wildman–Crippen LogP) is 3.76. The summed E-state index contributed by atoms with van der Waals surface area (Å²) < 4.78 is 19.0. The number of nitrogens with one attached hydrogen (secondary N) is 1. The van der Waals surface area contributed by atoms with Crippen molar-refractivity contribution < 1.29 is 13.9 Å². The quantitative estimate of drug-likeness (QED) is 0.876. The highest BCUT2D eigenvalue weighted by Crippen LogP contribution is 2.35. The van der Waals surface area contributed by atoms with E-state index in [0.717, 1.165) is 12.8 Å². The first-order valence-corrected chi connectivity index (χ1v) is 7.97. The van der Waals surface area contributed by atoms with Crippen LogP contribution in [0.3, 0.4) is 0 Å². The van der Waals surface area contributed by atoms with E-state index in [4.69, 9.17) is 4.74 Å². The molecule has 2 bridgehead atoms. The van der Waals surface area contributed by atoms with Crippen LogP contribution >= 0.6 is 15.9 Å². The summed E-state index contributed by atoms with van der Waals surface area (Å²) >= 11 is 3.22. The summed E-state index contributed by atoms with van der Waals surface area (Å²) in [6.45, 7) is 0. The standard InChI is InChI=1S/C15H18BrFN2O2/c1-19-10-3-4-11(19)8-12(7-10)21-15(20)18-14-5-2-9(17)6-13(14)16/h2,5-6,10-12H,3-4,7-8H2,1H3,(H,18,20)/t10-,11+,12?. The van der Waals surface area contributed by atoms with Crippen LogP contribution in [0.1, 0.15) is 25.7 Å². The van der Waals surface area contributed by atoms with Crippen LogP contribution in [0, 0.1) is 5.82 Å². The molecular weight excluding hydrogens is 339 g/mol. The van der Waals surface area contributed by atoms with Gasteiger partial charge in [-0.1, -0.05) is 0 Å². The molecule has 2 saturated heterocycles. The normalized spacial score (nSPS) is 28.4. The van der Waals surface area contributed by atoms with Crippen molar-refractivity contribution in [2.24, 2.45) is 0 Å². The van der Waals surface area contributed by atoms with Gasteiger partial charge in [0.25, 0.3) is 0 Å². The Morgan fingerprint density at radius 2 is 2.05 bits per heavy atom. The number of anilines is 1. The Morgan fingerprint density at radius 3 is 2.67 bits per heavy atom. The van der Waals surface area contributed by atoms with Gasteiger partial charge in [0.1, 0.15) is 11.9 Å². The molecule has 6 heteroatoms. The molecule has 2 fully saturated rings. The molecule has 2 aliphatic rings. The number of hydrogen-bond acceptors (Lipinski definition) is 3. The minimum Gasteiger partial charge on any atom is -0.446 e. The molecule has 2 aliphatic heterocycles. The van der Waals surface area contributed by atoms with E-state index < -0.39 is 6.09 Å². The number of carbonyl (C=O) groups is 1. The maximum atomic E-state index is 13.0. The smallest absolute Gasteiger partial charge is 0.411 e. The summed E-state index contributed by atoms with van der Waals surface area (Å²) in [5.74, 6) is -0.354. The zero-order valence-corrected chi connectivity index (χ0v) is 13.4. The molecule has 0 aromatic heterocycles. The molecule has 3 atom stereocenters. The number of halogens is 2. The molecular formula is C15H18BrFN2O2. The maximum absolute atomic E-state index is 13.0. The van der Waals surface area contributed by atoms with Crippen molar-refractivity contribution in [2.75, 3.05) is 12.4 Å². The van der Waals surface area contributed by atoms with E-state index in [9.17, 15) is 9.18 Å². The van der Waals surface area contributed by atoms with E-state index in [0.29, 0.717) is 22.2 Å². The number of carbonyl (C=O) groups excluding carboxylic acids is 1. The third kappa shape index (κ3) is 3.21. The molecule has 0 spiro atoms. The van der Waals surface area contributed by atoms with Crippen LogP contribution in [0.5, 0.6) is 0 Å². The minimum absolute atomic E-state index is 0.0297. The number of hydrogen-bond donors (Lipinski definition) is 1. The van der Waals surface area contributed by atoms with Crippen molar-refractivity contribution in [3.63, 3.8) is 0 Å².